The lowest BCUT2D eigenvalue weighted by molar-refractivity contribution is 0.0690. The minimum absolute atomic E-state index is 0.0507. The largest absolute Gasteiger partial charge is 0.478 e. The van der Waals surface area contributed by atoms with Gasteiger partial charge in [-0.15, -0.1) is 0 Å². The number of aromatic carboxylic acids is 1. The van der Waals surface area contributed by atoms with Crippen LogP contribution in [0.15, 0.2) is 48.5 Å². The molecule has 124 valence electrons. The summed E-state index contributed by atoms with van der Waals surface area (Å²) in [5, 5.41) is 11.9. The van der Waals surface area contributed by atoms with Crippen molar-refractivity contribution >= 4 is 17.7 Å². The maximum atomic E-state index is 12.4. The molecule has 2 aromatic rings. The molecule has 1 amide bonds. The van der Waals surface area contributed by atoms with Crippen LogP contribution in [0.1, 0.15) is 49.6 Å². The summed E-state index contributed by atoms with van der Waals surface area (Å²) >= 11 is 0. The molecular weight excluding hydrogens is 308 g/mol. The highest BCUT2D eigenvalue weighted by atomic mass is 16.4. The van der Waals surface area contributed by atoms with Crippen LogP contribution in [-0.2, 0) is 0 Å². The van der Waals surface area contributed by atoms with Crippen LogP contribution in [0.25, 0.3) is 0 Å². The van der Waals surface area contributed by atoms with Crippen molar-refractivity contribution < 1.29 is 19.5 Å². The number of carboxylic acid groups (broad SMARTS) is 1. The van der Waals surface area contributed by atoms with E-state index in [-0.39, 0.29) is 23.5 Å². The lowest BCUT2D eigenvalue weighted by Gasteiger charge is -2.18. The van der Waals surface area contributed by atoms with Crippen molar-refractivity contribution in [2.24, 2.45) is 5.73 Å². The van der Waals surface area contributed by atoms with E-state index in [2.05, 4.69) is 5.32 Å². The number of carbonyl (C=O) groups is 3. The number of nitrogens with two attached hydrogens (primary N) is 1. The normalized spacial score (nSPS) is 11.6. The number of carbonyl (C=O) groups excluding carboxylic acids is 2. The summed E-state index contributed by atoms with van der Waals surface area (Å²) in [7, 11) is 0. The molecular formula is C18H18N2O4. The molecule has 1 unspecified atom stereocenters. The zero-order chi connectivity index (χ0) is 17.7. The number of hydrogen-bond acceptors (Lipinski definition) is 4. The van der Waals surface area contributed by atoms with Crippen LogP contribution in [0.3, 0.4) is 0 Å². The van der Waals surface area contributed by atoms with Crippen molar-refractivity contribution in [2.75, 3.05) is 6.54 Å². The Kier molecular flexibility index (Phi) is 5.44. The summed E-state index contributed by atoms with van der Waals surface area (Å²) in [6, 6.07) is 12.3. The minimum Gasteiger partial charge on any atom is -0.478 e. The van der Waals surface area contributed by atoms with E-state index >= 15 is 0 Å². The quantitative estimate of drug-likeness (QED) is 0.704. The molecule has 0 fully saturated rings. The number of Topliss-reactive ketones (excluding diaryl/α,β-unsaturated/α-hetero) is 1. The van der Waals surface area contributed by atoms with Gasteiger partial charge in [-0.2, -0.15) is 0 Å². The number of carboxylic acids is 1. The van der Waals surface area contributed by atoms with Crippen LogP contribution in [0.4, 0.5) is 0 Å². The molecule has 0 saturated heterocycles. The lowest BCUT2D eigenvalue weighted by Crippen LogP contribution is -2.34. The molecule has 1 atom stereocenters. The molecule has 0 aromatic heterocycles. The van der Waals surface area contributed by atoms with Crippen molar-refractivity contribution in [1.82, 2.24) is 5.32 Å². The van der Waals surface area contributed by atoms with Gasteiger partial charge in [-0.1, -0.05) is 36.4 Å². The Balaban J connectivity index is 2.22. The van der Waals surface area contributed by atoms with Crippen molar-refractivity contribution in [2.45, 2.75) is 13.0 Å². The average molecular weight is 326 g/mol. The number of ketones is 1. The Morgan fingerprint density at radius 1 is 1.04 bits per heavy atom. The van der Waals surface area contributed by atoms with Gasteiger partial charge in [-0.05, 0) is 24.6 Å². The van der Waals surface area contributed by atoms with Crippen LogP contribution in [0, 0.1) is 0 Å². The topological polar surface area (TPSA) is 109 Å². The monoisotopic (exact) mass is 326 g/mol. The van der Waals surface area contributed by atoms with E-state index in [0.717, 1.165) is 5.56 Å². The molecule has 2 aromatic carbocycles. The highest BCUT2D eigenvalue weighted by Crippen LogP contribution is 2.16. The predicted molar refractivity (Wildman–Crippen MR) is 89.1 cm³/mol. The van der Waals surface area contributed by atoms with Gasteiger partial charge in [0.15, 0.2) is 5.78 Å². The number of nitrogens with one attached hydrogen (secondary N) is 1. The fourth-order valence-corrected chi connectivity index (χ4v) is 2.33. The highest BCUT2D eigenvalue weighted by Gasteiger charge is 2.19. The standard InChI is InChI=1S/C18H18N2O4/c1-11(21)12-6-8-13(9-7-12)16(10-19)20-17(22)14-4-2-3-5-15(14)18(23)24/h2-9,16H,10,19H2,1H3,(H,20,22)(H,23,24). The second-order valence-electron chi connectivity index (χ2n) is 5.29. The van der Waals surface area contributed by atoms with Crippen LogP contribution in [0.5, 0.6) is 0 Å². The molecule has 0 heterocycles. The van der Waals surface area contributed by atoms with E-state index in [9.17, 15) is 14.4 Å². The van der Waals surface area contributed by atoms with Gasteiger partial charge in [0.2, 0.25) is 0 Å². The van der Waals surface area contributed by atoms with Gasteiger partial charge in [0.1, 0.15) is 0 Å². The Morgan fingerprint density at radius 3 is 2.12 bits per heavy atom. The smallest absolute Gasteiger partial charge is 0.336 e. The van der Waals surface area contributed by atoms with Gasteiger partial charge in [0.05, 0.1) is 17.2 Å². The third kappa shape index (κ3) is 3.85. The van der Waals surface area contributed by atoms with Gasteiger partial charge in [0, 0.05) is 12.1 Å². The van der Waals surface area contributed by atoms with Crippen molar-refractivity contribution in [3.8, 4) is 0 Å². The van der Waals surface area contributed by atoms with Gasteiger partial charge in [-0.25, -0.2) is 4.79 Å². The summed E-state index contributed by atoms with van der Waals surface area (Å²) in [5.74, 6) is -1.74. The van der Waals surface area contributed by atoms with Crippen LogP contribution < -0.4 is 11.1 Å². The zero-order valence-electron chi connectivity index (χ0n) is 13.2. The zero-order valence-corrected chi connectivity index (χ0v) is 13.2. The molecule has 6 heteroatoms. The predicted octanol–water partition coefficient (Wildman–Crippen LogP) is 2.02. The molecule has 0 aliphatic carbocycles. The first-order valence-corrected chi connectivity index (χ1v) is 7.38. The third-order valence-electron chi connectivity index (χ3n) is 3.66. The molecule has 0 bridgehead atoms. The second kappa shape index (κ2) is 7.52. The van der Waals surface area contributed by atoms with E-state index in [0.29, 0.717) is 5.56 Å². The van der Waals surface area contributed by atoms with Gasteiger partial charge >= 0.3 is 5.97 Å². The Hall–Kier alpha value is -2.99. The maximum Gasteiger partial charge on any atom is 0.336 e. The summed E-state index contributed by atoms with van der Waals surface area (Å²) < 4.78 is 0. The first-order valence-electron chi connectivity index (χ1n) is 7.38. The number of benzene rings is 2. The van der Waals surface area contributed by atoms with Crippen molar-refractivity contribution in [3.63, 3.8) is 0 Å². The molecule has 0 aliphatic heterocycles. The number of amides is 1. The van der Waals surface area contributed by atoms with E-state index in [4.69, 9.17) is 10.8 Å². The number of hydrogen-bond donors (Lipinski definition) is 3. The van der Waals surface area contributed by atoms with Gasteiger partial charge < -0.3 is 16.2 Å². The summed E-state index contributed by atoms with van der Waals surface area (Å²) in [6.45, 7) is 1.61. The summed E-state index contributed by atoms with van der Waals surface area (Å²) in [6.07, 6.45) is 0. The fourth-order valence-electron chi connectivity index (χ4n) is 2.33. The highest BCUT2D eigenvalue weighted by molar-refractivity contribution is 6.04. The Labute approximate surface area is 139 Å². The number of rotatable bonds is 6. The Bertz CT molecular complexity index is 769. The first kappa shape index (κ1) is 17.4. The van der Waals surface area contributed by atoms with E-state index in [1.165, 1.54) is 19.1 Å². The van der Waals surface area contributed by atoms with E-state index in [1.54, 1.807) is 36.4 Å². The third-order valence-corrected chi connectivity index (χ3v) is 3.66. The molecule has 0 saturated carbocycles. The second-order valence-corrected chi connectivity index (χ2v) is 5.29. The van der Waals surface area contributed by atoms with E-state index < -0.39 is 17.9 Å². The van der Waals surface area contributed by atoms with Crippen LogP contribution >= 0.6 is 0 Å². The molecule has 6 nitrogen and oxygen atoms in total. The molecule has 0 radical (unpaired) electrons. The first-order chi connectivity index (χ1) is 11.4. The average Bonchev–Trinajstić information content (AvgIpc) is 2.59. The molecule has 2 rings (SSSR count). The molecule has 0 aliphatic rings. The van der Waals surface area contributed by atoms with Crippen LogP contribution in [0.2, 0.25) is 0 Å². The van der Waals surface area contributed by atoms with E-state index in [1.807, 2.05) is 0 Å². The van der Waals surface area contributed by atoms with Crippen molar-refractivity contribution in [3.05, 3.63) is 70.8 Å². The van der Waals surface area contributed by atoms with Gasteiger partial charge in [0.25, 0.3) is 5.91 Å². The fraction of sp³-hybridized carbons (Fsp3) is 0.167. The maximum absolute atomic E-state index is 12.4. The minimum atomic E-state index is -1.17. The van der Waals surface area contributed by atoms with Gasteiger partial charge in [-0.3, -0.25) is 9.59 Å². The van der Waals surface area contributed by atoms with Crippen molar-refractivity contribution in [1.29, 1.82) is 0 Å². The molecule has 0 spiro atoms. The SMILES string of the molecule is CC(=O)c1ccc(C(CN)NC(=O)c2ccccc2C(=O)O)cc1. The summed E-state index contributed by atoms with van der Waals surface area (Å²) in [5.41, 5.74) is 7.04. The van der Waals surface area contributed by atoms with Crippen LogP contribution in [-0.4, -0.2) is 29.3 Å². The molecule has 4 N–H and O–H groups in total. The Morgan fingerprint density at radius 2 is 1.62 bits per heavy atom. The molecule has 24 heavy (non-hydrogen) atoms. The summed E-state index contributed by atoms with van der Waals surface area (Å²) in [4.78, 5) is 34.9. The lowest BCUT2D eigenvalue weighted by atomic mass is 10.0.